The number of fused-ring (bicyclic) bond motifs is 1. The standard InChI is InChI=1S/C17H17F2N3/c1-11(2)10-22-17-6-4-14(7-12(17)9-20-22)21-16-5-3-13(18)8-15(16)19/h3-9,11,21H,10H2,1-2H3. The van der Waals surface area contributed by atoms with Crippen molar-refractivity contribution in [2.75, 3.05) is 5.32 Å². The smallest absolute Gasteiger partial charge is 0.149 e. The van der Waals surface area contributed by atoms with E-state index in [0.717, 1.165) is 29.2 Å². The Morgan fingerprint density at radius 1 is 1.14 bits per heavy atom. The zero-order valence-corrected chi connectivity index (χ0v) is 12.5. The van der Waals surface area contributed by atoms with Crippen LogP contribution >= 0.6 is 0 Å². The minimum Gasteiger partial charge on any atom is -0.353 e. The van der Waals surface area contributed by atoms with Crippen LogP contribution in [-0.2, 0) is 6.54 Å². The molecule has 0 aliphatic heterocycles. The highest BCUT2D eigenvalue weighted by Gasteiger charge is 2.07. The predicted octanol–water partition coefficient (Wildman–Crippen LogP) is 4.71. The van der Waals surface area contributed by atoms with Crippen molar-refractivity contribution < 1.29 is 8.78 Å². The third-order valence-electron chi connectivity index (χ3n) is 3.39. The lowest BCUT2D eigenvalue weighted by molar-refractivity contribution is 0.495. The minimum absolute atomic E-state index is 0.246. The number of aromatic nitrogens is 2. The van der Waals surface area contributed by atoms with Crippen molar-refractivity contribution in [2.24, 2.45) is 5.92 Å². The Hall–Kier alpha value is -2.43. The molecule has 0 saturated carbocycles. The molecular weight excluding hydrogens is 284 g/mol. The molecule has 1 aromatic heterocycles. The van der Waals surface area contributed by atoms with E-state index in [9.17, 15) is 8.78 Å². The Kier molecular flexibility index (Phi) is 3.79. The van der Waals surface area contributed by atoms with Gasteiger partial charge in [-0.05, 0) is 36.2 Å². The summed E-state index contributed by atoms with van der Waals surface area (Å²) in [6.45, 7) is 5.13. The molecule has 5 heteroatoms. The quantitative estimate of drug-likeness (QED) is 0.756. The summed E-state index contributed by atoms with van der Waals surface area (Å²) < 4.78 is 28.6. The maximum atomic E-state index is 13.7. The first-order valence-corrected chi connectivity index (χ1v) is 7.20. The van der Waals surface area contributed by atoms with E-state index in [2.05, 4.69) is 24.3 Å². The lowest BCUT2D eigenvalue weighted by Crippen LogP contribution is -2.05. The zero-order chi connectivity index (χ0) is 15.7. The summed E-state index contributed by atoms with van der Waals surface area (Å²) in [6, 6.07) is 9.20. The van der Waals surface area contributed by atoms with Crippen molar-refractivity contribution in [3.05, 3.63) is 54.2 Å². The molecule has 114 valence electrons. The van der Waals surface area contributed by atoms with Gasteiger partial charge in [-0.2, -0.15) is 5.10 Å². The van der Waals surface area contributed by atoms with Crippen molar-refractivity contribution in [3.63, 3.8) is 0 Å². The van der Waals surface area contributed by atoms with E-state index in [4.69, 9.17) is 0 Å². The van der Waals surface area contributed by atoms with Crippen LogP contribution in [0.25, 0.3) is 10.9 Å². The van der Waals surface area contributed by atoms with Gasteiger partial charge in [0, 0.05) is 23.7 Å². The molecule has 0 atom stereocenters. The molecule has 0 unspecified atom stereocenters. The highest BCUT2D eigenvalue weighted by molar-refractivity contribution is 5.83. The third kappa shape index (κ3) is 2.93. The maximum absolute atomic E-state index is 13.7. The summed E-state index contributed by atoms with van der Waals surface area (Å²) in [5.41, 5.74) is 2.02. The fourth-order valence-electron chi connectivity index (χ4n) is 2.40. The highest BCUT2D eigenvalue weighted by atomic mass is 19.1. The van der Waals surface area contributed by atoms with Crippen molar-refractivity contribution in [1.29, 1.82) is 0 Å². The molecule has 3 aromatic rings. The Morgan fingerprint density at radius 3 is 2.68 bits per heavy atom. The lowest BCUT2D eigenvalue weighted by Gasteiger charge is -2.09. The van der Waals surface area contributed by atoms with Crippen molar-refractivity contribution in [1.82, 2.24) is 9.78 Å². The van der Waals surface area contributed by atoms with Gasteiger partial charge in [-0.3, -0.25) is 4.68 Å². The molecule has 0 fully saturated rings. The molecule has 0 spiro atoms. The maximum Gasteiger partial charge on any atom is 0.149 e. The third-order valence-corrected chi connectivity index (χ3v) is 3.39. The number of nitrogens with one attached hydrogen (secondary N) is 1. The molecule has 22 heavy (non-hydrogen) atoms. The van der Waals surface area contributed by atoms with Crippen molar-refractivity contribution >= 4 is 22.3 Å². The van der Waals surface area contributed by atoms with E-state index < -0.39 is 11.6 Å². The summed E-state index contributed by atoms with van der Waals surface area (Å²) in [7, 11) is 0. The van der Waals surface area contributed by atoms with Gasteiger partial charge in [0.25, 0.3) is 0 Å². The molecule has 0 aliphatic carbocycles. The van der Waals surface area contributed by atoms with Crippen molar-refractivity contribution in [3.8, 4) is 0 Å². The first-order valence-electron chi connectivity index (χ1n) is 7.20. The number of halogens is 2. The summed E-state index contributed by atoms with van der Waals surface area (Å²) in [4.78, 5) is 0. The number of hydrogen-bond acceptors (Lipinski definition) is 2. The van der Waals surface area contributed by atoms with Crippen LogP contribution in [0.15, 0.2) is 42.6 Å². The monoisotopic (exact) mass is 301 g/mol. The van der Waals surface area contributed by atoms with Crippen LogP contribution in [0, 0.1) is 17.6 Å². The average molecular weight is 301 g/mol. The molecule has 3 rings (SSSR count). The minimum atomic E-state index is -0.615. The molecule has 2 aromatic carbocycles. The predicted molar refractivity (Wildman–Crippen MR) is 84.2 cm³/mol. The SMILES string of the molecule is CC(C)Cn1ncc2cc(Nc3ccc(F)cc3F)ccc21. The van der Waals surface area contributed by atoms with Crippen LogP contribution in [0.4, 0.5) is 20.2 Å². The second-order valence-electron chi connectivity index (χ2n) is 5.74. The average Bonchev–Trinajstić information content (AvgIpc) is 2.84. The van der Waals surface area contributed by atoms with E-state index in [1.807, 2.05) is 22.9 Å². The fourth-order valence-corrected chi connectivity index (χ4v) is 2.40. The lowest BCUT2D eigenvalue weighted by atomic mass is 10.2. The van der Waals surface area contributed by atoms with Crippen LogP contribution in [0.5, 0.6) is 0 Å². The Bertz CT molecular complexity index is 809. The number of hydrogen-bond donors (Lipinski definition) is 1. The summed E-state index contributed by atoms with van der Waals surface area (Å²) in [5, 5.41) is 8.32. The molecule has 0 bridgehead atoms. The first-order chi connectivity index (χ1) is 10.5. The van der Waals surface area contributed by atoms with E-state index in [0.29, 0.717) is 5.92 Å². The van der Waals surface area contributed by atoms with Gasteiger partial charge in [0.1, 0.15) is 11.6 Å². The normalized spacial score (nSPS) is 11.3. The highest BCUT2D eigenvalue weighted by Crippen LogP contribution is 2.24. The summed E-state index contributed by atoms with van der Waals surface area (Å²) in [5.74, 6) is -0.696. The summed E-state index contributed by atoms with van der Waals surface area (Å²) in [6.07, 6.45) is 1.80. The van der Waals surface area contributed by atoms with Gasteiger partial charge < -0.3 is 5.32 Å². The van der Waals surface area contributed by atoms with Crippen LogP contribution in [0.1, 0.15) is 13.8 Å². The molecule has 0 aliphatic rings. The Morgan fingerprint density at radius 2 is 1.95 bits per heavy atom. The Balaban J connectivity index is 1.89. The number of rotatable bonds is 4. The topological polar surface area (TPSA) is 29.9 Å². The fraction of sp³-hybridized carbons (Fsp3) is 0.235. The van der Waals surface area contributed by atoms with E-state index in [1.165, 1.54) is 12.1 Å². The second-order valence-corrected chi connectivity index (χ2v) is 5.74. The number of anilines is 2. The van der Waals surface area contributed by atoms with Gasteiger partial charge in [0.2, 0.25) is 0 Å². The van der Waals surface area contributed by atoms with Crippen LogP contribution in [-0.4, -0.2) is 9.78 Å². The van der Waals surface area contributed by atoms with E-state index in [1.54, 1.807) is 6.20 Å². The largest absolute Gasteiger partial charge is 0.353 e. The van der Waals surface area contributed by atoms with Gasteiger partial charge in [0.15, 0.2) is 0 Å². The molecule has 3 nitrogen and oxygen atoms in total. The van der Waals surface area contributed by atoms with E-state index in [-0.39, 0.29) is 5.69 Å². The number of benzene rings is 2. The second kappa shape index (κ2) is 5.75. The first kappa shape index (κ1) is 14.5. The number of nitrogens with zero attached hydrogens (tertiary/aromatic N) is 2. The van der Waals surface area contributed by atoms with Gasteiger partial charge in [-0.25, -0.2) is 8.78 Å². The van der Waals surface area contributed by atoms with Crippen molar-refractivity contribution in [2.45, 2.75) is 20.4 Å². The molecule has 0 radical (unpaired) electrons. The molecule has 0 amide bonds. The molecule has 0 saturated heterocycles. The molecule has 1 heterocycles. The van der Waals surface area contributed by atoms with Gasteiger partial charge in [-0.1, -0.05) is 13.8 Å². The van der Waals surface area contributed by atoms with Gasteiger partial charge in [0.05, 0.1) is 17.4 Å². The van der Waals surface area contributed by atoms with Gasteiger partial charge >= 0.3 is 0 Å². The summed E-state index contributed by atoms with van der Waals surface area (Å²) >= 11 is 0. The molecular formula is C17H17F2N3. The molecule has 1 N–H and O–H groups in total. The Labute approximate surface area is 127 Å². The van der Waals surface area contributed by atoms with Crippen LogP contribution in [0.3, 0.4) is 0 Å². The van der Waals surface area contributed by atoms with Crippen LogP contribution in [0.2, 0.25) is 0 Å². The van der Waals surface area contributed by atoms with E-state index >= 15 is 0 Å². The van der Waals surface area contributed by atoms with Crippen LogP contribution < -0.4 is 5.32 Å². The van der Waals surface area contributed by atoms with Gasteiger partial charge in [-0.15, -0.1) is 0 Å². The zero-order valence-electron chi connectivity index (χ0n) is 12.5.